The van der Waals surface area contributed by atoms with Crippen molar-refractivity contribution in [2.75, 3.05) is 36.9 Å². The maximum atomic E-state index is 13.3. The van der Waals surface area contributed by atoms with Crippen LogP contribution < -0.4 is 16.4 Å². The highest BCUT2D eigenvalue weighted by atomic mass is 79.9. The molecule has 11 heteroatoms. The van der Waals surface area contributed by atoms with Gasteiger partial charge >= 0.3 is 6.03 Å². The lowest BCUT2D eigenvalue weighted by Crippen LogP contribution is -2.44. The molecule has 1 fully saturated rings. The average Bonchev–Trinajstić information content (AvgIpc) is 2.80. The molecule has 0 saturated carbocycles. The normalized spacial score (nSPS) is 14.8. The molecule has 0 aliphatic carbocycles. The summed E-state index contributed by atoms with van der Waals surface area (Å²) in [6.07, 6.45) is 2.47. The minimum atomic E-state index is -0.426. The number of amidine groups is 1. The van der Waals surface area contributed by atoms with E-state index in [1.165, 1.54) is 24.4 Å². The van der Waals surface area contributed by atoms with Crippen LogP contribution in [0.2, 0.25) is 0 Å². The first-order valence-electron chi connectivity index (χ1n) is 10.1. The van der Waals surface area contributed by atoms with Crippen LogP contribution in [0, 0.1) is 11.7 Å². The van der Waals surface area contributed by atoms with Crippen molar-refractivity contribution in [2.45, 2.75) is 12.8 Å². The highest BCUT2D eigenvalue weighted by molar-refractivity contribution is 9.10. The number of pyridine rings is 1. The number of benzene rings is 1. The van der Waals surface area contributed by atoms with Crippen LogP contribution in [0.15, 0.2) is 46.0 Å². The van der Waals surface area contributed by atoms with Crippen LogP contribution in [-0.2, 0) is 4.79 Å². The van der Waals surface area contributed by atoms with Crippen LogP contribution in [0.1, 0.15) is 12.8 Å². The lowest BCUT2D eigenvalue weighted by atomic mass is 9.92. The van der Waals surface area contributed by atoms with Gasteiger partial charge in [0.05, 0.1) is 28.7 Å². The quantitative estimate of drug-likeness (QED) is 0.337. The molecule has 0 radical (unpaired) electrons. The number of aliphatic hydroxyl groups is 1. The average molecular weight is 507 g/mol. The molecule has 32 heavy (non-hydrogen) atoms. The van der Waals surface area contributed by atoms with Gasteiger partial charge in [-0.15, -0.1) is 0 Å². The van der Waals surface area contributed by atoms with E-state index in [2.05, 4.69) is 36.5 Å². The molecule has 0 spiro atoms. The molecule has 1 aromatic heterocycles. The number of rotatable bonds is 7. The standard InChI is InChI=1S/C21H24BrFN6O3/c22-16-11-14(1-3-17(16)23)27-20(24)19(31)13-5-8-29(9-6-13)21(32)28-15-2-4-18(26-12-15)25-7-10-30/h1-4,11-13,30H,5-10H2,(H2,24,27)(H,25,26)(H,28,32). The van der Waals surface area contributed by atoms with Gasteiger partial charge in [-0.05, 0) is 59.1 Å². The second-order valence-corrected chi connectivity index (χ2v) is 8.09. The van der Waals surface area contributed by atoms with Crippen LogP contribution in [0.3, 0.4) is 0 Å². The monoisotopic (exact) mass is 506 g/mol. The van der Waals surface area contributed by atoms with Gasteiger partial charge in [0.1, 0.15) is 11.6 Å². The predicted molar refractivity (Wildman–Crippen MR) is 124 cm³/mol. The van der Waals surface area contributed by atoms with Crippen molar-refractivity contribution in [3.63, 3.8) is 0 Å². The zero-order valence-electron chi connectivity index (χ0n) is 17.2. The molecule has 2 amide bonds. The number of carbonyl (C=O) groups is 2. The summed E-state index contributed by atoms with van der Waals surface area (Å²) >= 11 is 3.08. The summed E-state index contributed by atoms with van der Waals surface area (Å²) in [5.74, 6) is -0.563. The Hall–Kier alpha value is -3.05. The molecule has 1 aliphatic heterocycles. The minimum absolute atomic E-state index is 0.000145. The Morgan fingerprint density at radius 1 is 1.28 bits per heavy atom. The number of aliphatic hydroxyl groups excluding tert-OH is 1. The third-order valence-electron chi connectivity index (χ3n) is 4.99. The maximum absolute atomic E-state index is 13.3. The van der Waals surface area contributed by atoms with Crippen molar-refractivity contribution in [1.82, 2.24) is 9.88 Å². The van der Waals surface area contributed by atoms with Crippen LogP contribution in [0.4, 0.5) is 26.4 Å². The van der Waals surface area contributed by atoms with E-state index >= 15 is 0 Å². The summed E-state index contributed by atoms with van der Waals surface area (Å²) in [6, 6.07) is 7.28. The minimum Gasteiger partial charge on any atom is -0.395 e. The van der Waals surface area contributed by atoms with Gasteiger partial charge in [-0.1, -0.05) is 0 Å². The number of Topliss-reactive ketones (excluding diaryl/α,β-unsaturated/α-hetero) is 1. The second-order valence-electron chi connectivity index (χ2n) is 7.23. The molecule has 170 valence electrons. The van der Waals surface area contributed by atoms with E-state index in [-0.39, 0.29) is 34.6 Å². The number of amides is 2. The van der Waals surface area contributed by atoms with E-state index in [9.17, 15) is 14.0 Å². The lowest BCUT2D eigenvalue weighted by molar-refractivity contribution is -0.117. The fourth-order valence-electron chi connectivity index (χ4n) is 3.26. The van der Waals surface area contributed by atoms with E-state index in [0.29, 0.717) is 49.7 Å². The number of urea groups is 1. The number of anilines is 2. The van der Waals surface area contributed by atoms with E-state index in [1.807, 2.05) is 0 Å². The first-order chi connectivity index (χ1) is 15.4. The Morgan fingerprint density at radius 2 is 2.03 bits per heavy atom. The van der Waals surface area contributed by atoms with Crippen molar-refractivity contribution in [1.29, 1.82) is 0 Å². The first-order valence-corrected chi connectivity index (χ1v) is 10.9. The molecular weight excluding hydrogens is 483 g/mol. The summed E-state index contributed by atoms with van der Waals surface area (Å²) in [4.78, 5) is 35.0. The van der Waals surface area contributed by atoms with Gasteiger partial charge in [0.2, 0.25) is 5.78 Å². The fourth-order valence-corrected chi connectivity index (χ4v) is 3.63. The van der Waals surface area contributed by atoms with Crippen LogP contribution in [0.25, 0.3) is 0 Å². The van der Waals surface area contributed by atoms with Gasteiger partial charge in [-0.2, -0.15) is 0 Å². The molecule has 1 aliphatic rings. The molecule has 0 unspecified atom stereocenters. The summed E-state index contributed by atoms with van der Waals surface area (Å²) in [5.41, 5.74) is 6.81. The third-order valence-corrected chi connectivity index (χ3v) is 5.60. The molecule has 0 atom stereocenters. The fraction of sp³-hybridized carbons (Fsp3) is 0.333. The third kappa shape index (κ3) is 6.24. The summed E-state index contributed by atoms with van der Waals surface area (Å²) in [7, 11) is 0. The largest absolute Gasteiger partial charge is 0.395 e. The Kier molecular flexibility index (Phi) is 8.12. The Bertz CT molecular complexity index is 994. The molecule has 1 saturated heterocycles. The number of nitrogens with two attached hydrogens (primary N) is 1. The van der Waals surface area contributed by atoms with E-state index < -0.39 is 5.82 Å². The van der Waals surface area contributed by atoms with Gasteiger partial charge in [0.25, 0.3) is 0 Å². The molecular formula is C21H24BrFN6O3. The molecule has 9 nitrogen and oxygen atoms in total. The van der Waals surface area contributed by atoms with Crippen LogP contribution >= 0.6 is 15.9 Å². The number of aliphatic imine (C=N–C) groups is 1. The van der Waals surface area contributed by atoms with Gasteiger partial charge in [0.15, 0.2) is 5.84 Å². The van der Waals surface area contributed by atoms with E-state index in [4.69, 9.17) is 10.8 Å². The smallest absolute Gasteiger partial charge is 0.321 e. The number of hydrogen-bond donors (Lipinski definition) is 4. The van der Waals surface area contributed by atoms with Gasteiger partial charge in [-0.25, -0.2) is 19.2 Å². The molecule has 5 N–H and O–H groups in total. The number of ketones is 1. The lowest BCUT2D eigenvalue weighted by Gasteiger charge is -2.31. The number of piperidine rings is 1. The molecule has 3 rings (SSSR count). The maximum Gasteiger partial charge on any atom is 0.321 e. The number of nitrogens with zero attached hydrogens (tertiary/aromatic N) is 3. The van der Waals surface area contributed by atoms with E-state index in [1.54, 1.807) is 17.0 Å². The highest BCUT2D eigenvalue weighted by Gasteiger charge is 2.29. The number of likely N-dealkylation sites (tertiary alicyclic amines) is 1. The van der Waals surface area contributed by atoms with Crippen molar-refractivity contribution < 1.29 is 19.1 Å². The Balaban J connectivity index is 1.51. The second kappa shape index (κ2) is 11.0. The SMILES string of the molecule is NC(=Nc1ccc(F)c(Br)c1)C(=O)C1CCN(C(=O)Nc2ccc(NCCO)nc2)CC1. The first kappa shape index (κ1) is 23.6. The van der Waals surface area contributed by atoms with Gasteiger partial charge < -0.3 is 26.4 Å². The number of hydrogen-bond acceptors (Lipinski definition) is 6. The van der Waals surface area contributed by atoms with Gasteiger partial charge in [-0.3, -0.25) is 4.79 Å². The molecule has 2 heterocycles. The summed E-state index contributed by atoms with van der Waals surface area (Å²) in [5, 5.41) is 14.5. The molecule has 2 aromatic rings. The number of aromatic nitrogens is 1. The van der Waals surface area contributed by atoms with Crippen molar-refractivity contribution in [2.24, 2.45) is 16.6 Å². The van der Waals surface area contributed by atoms with Crippen molar-refractivity contribution >= 4 is 50.8 Å². The zero-order valence-corrected chi connectivity index (χ0v) is 18.8. The highest BCUT2D eigenvalue weighted by Crippen LogP contribution is 2.24. The van der Waals surface area contributed by atoms with Crippen LogP contribution in [-0.4, -0.2) is 58.9 Å². The van der Waals surface area contributed by atoms with E-state index in [0.717, 1.165) is 0 Å². The summed E-state index contributed by atoms with van der Waals surface area (Å²) < 4.78 is 13.6. The Labute approximate surface area is 193 Å². The van der Waals surface area contributed by atoms with Gasteiger partial charge in [0, 0.05) is 25.6 Å². The molecule has 0 bridgehead atoms. The number of carbonyl (C=O) groups excluding carboxylic acids is 2. The zero-order chi connectivity index (χ0) is 23.1. The summed E-state index contributed by atoms with van der Waals surface area (Å²) in [6.45, 7) is 1.20. The Morgan fingerprint density at radius 3 is 2.66 bits per heavy atom. The van der Waals surface area contributed by atoms with Crippen molar-refractivity contribution in [3.05, 3.63) is 46.8 Å². The number of halogens is 2. The predicted octanol–water partition coefficient (Wildman–Crippen LogP) is 2.89. The molecule has 1 aromatic carbocycles. The van der Waals surface area contributed by atoms with Crippen LogP contribution in [0.5, 0.6) is 0 Å². The topological polar surface area (TPSA) is 133 Å². The number of nitrogens with one attached hydrogen (secondary N) is 2. The van der Waals surface area contributed by atoms with Crippen molar-refractivity contribution in [3.8, 4) is 0 Å².